The molecule has 5 aromatic rings. The molecule has 6 rings (SSSR count). The second kappa shape index (κ2) is 9.51. The van der Waals surface area contributed by atoms with Gasteiger partial charge >= 0.3 is 0 Å². The van der Waals surface area contributed by atoms with Crippen molar-refractivity contribution in [1.82, 2.24) is 15.0 Å². The van der Waals surface area contributed by atoms with Crippen LogP contribution in [0.5, 0.6) is 0 Å². The van der Waals surface area contributed by atoms with E-state index in [0.717, 1.165) is 67.2 Å². The standard InChI is InChI=1S/C31H22N6/c1-20(15-21-7-3-5-9-26(21)32-2)30-24-18-33-13-11-28(24)37-31(25-19-34-14-12-29(25)36-30)23-16-22-8-4-6-10-27(22)35-17-23/h3-19H,2H2,1H3/b20-15+,30-24?,31-25?,36-29?,36-30?,37-28?,37-31?. The van der Waals surface area contributed by atoms with Crippen molar-refractivity contribution >= 4 is 52.2 Å². The zero-order valence-electron chi connectivity index (χ0n) is 20.2. The number of hydrogen-bond acceptors (Lipinski definition) is 6. The van der Waals surface area contributed by atoms with Gasteiger partial charge in [-0.1, -0.05) is 36.4 Å². The van der Waals surface area contributed by atoms with Crippen molar-refractivity contribution in [2.24, 2.45) is 15.0 Å². The second-order valence-corrected chi connectivity index (χ2v) is 8.67. The van der Waals surface area contributed by atoms with Gasteiger partial charge in [0.25, 0.3) is 0 Å². The monoisotopic (exact) mass is 478 g/mol. The molecule has 0 fully saturated rings. The molecule has 0 spiro atoms. The molecule has 0 bridgehead atoms. The molecule has 0 amide bonds. The van der Waals surface area contributed by atoms with Crippen LogP contribution in [0.3, 0.4) is 0 Å². The number of nitrogens with zero attached hydrogens (tertiary/aromatic N) is 6. The highest BCUT2D eigenvalue weighted by Crippen LogP contribution is 2.33. The summed E-state index contributed by atoms with van der Waals surface area (Å²) in [6.45, 7) is 5.75. The van der Waals surface area contributed by atoms with Gasteiger partial charge in [0.15, 0.2) is 0 Å². The van der Waals surface area contributed by atoms with Gasteiger partial charge in [-0.25, -0.2) is 9.98 Å². The largest absolute Gasteiger partial charge is 0.264 e. The van der Waals surface area contributed by atoms with E-state index in [4.69, 9.17) is 9.98 Å². The van der Waals surface area contributed by atoms with Crippen LogP contribution in [-0.2, 0) is 0 Å². The molecule has 0 N–H and O–H groups in total. The van der Waals surface area contributed by atoms with Gasteiger partial charge < -0.3 is 0 Å². The topological polar surface area (TPSA) is 75.8 Å². The Morgan fingerprint density at radius 2 is 1.54 bits per heavy atom. The molecule has 6 heteroatoms. The zero-order valence-corrected chi connectivity index (χ0v) is 20.2. The number of hydrogen-bond donors (Lipinski definition) is 0. The van der Waals surface area contributed by atoms with Crippen molar-refractivity contribution in [1.29, 1.82) is 0 Å². The Kier molecular flexibility index (Phi) is 5.75. The van der Waals surface area contributed by atoms with E-state index in [1.807, 2.05) is 80.1 Å². The molecular formula is C31H22N6. The van der Waals surface area contributed by atoms with Gasteiger partial charge in [0, 0.05) is 58.6 Å². The van der Waals surface area contributed by atoms with Crippen molar-refractivity contribution in [3.8, 4) is 0 Å². The van der Waals surface area contributed by atoms with Crippen LogP contribution in [0.25, 0.3) is 17.0 Å². The average molecular weight is 479 g/mol. The normalized spacial score (nSPS) is 13.1. The summed E-state index contributed by atoms with van der Waals surface area (Å²) in [6.07, 6.45) is 11.0. The smallest absolute Gasteiger partial charge is 0.0834 e. The van der Waals surface area contributed by atoms with Gasteiger partial charge in [0.2, 0.25) is 0 Å². The maximum absolute atomic E-state index is 5.15. The summed E-state index contributed by atoms with van der Waals surface area (Å²) in [4.78, 5) is 28.0. The fraction of sp³-hybridized carbons (Fsp3) is 0.0323. The minimum Gasteiger partial charge on any atom is -0.264 e. The maximum atomic E-state index is 5.15. The van der Waals surface area contributed by atoms with Crippen LogP contribution >= 0.6 is 0 Å². The van der Waals surface area contributed by atoms with E-state index in [9.17, 15) is 0 Å². The Morgan fingerprint density at radius 1 is 0.811 bits per heavy atom. The Labute approximate surface area is 214 Å². The highest BCUT2D eigenvalue weighted by atomic mass is 14.9. The number of aliphatic imine (C=N–C) groups is 3. The van der Waals surface area contributed by atoms with Gasteiger partial charge in [-0.05, 0) is 55.6 Å². The molecule has 0 radical (unpaired) electrons. The van der Waals surface area contributed by atoms with E-state index in [0.29, 0.717) is 0 Å². The molecule has 0 saturated heterocycles. The van der Waals surface area contributed by atoms with Gasteiger partial charge in [0.1, 0.15) is 0 Å². The van der Waals surface area contributed by atoms with Crippen LogP contribution in [0, 0.1) is 0 Å². The molecular weight excluding hydrogens is 456 g/mol. The second-order valence-electron chi connectivity index (χ2n) is 8.67. The Bertz CT molecular complexity index is 1760. The fourth-order valence-corrected chi connectivity index (χ4v) is 4.47. The third-order valence-corrected chi connectivity index (χ3v) is 6.29. The first-order chi connectivity index (χ1) is 18.2. The number of pyridine rings is 3. The lowest BCUT2D eigenvalue weighted by atomic mass is 9.97. The van der Waals surface area contributed by atoms with Crippen molar-refractivity contribution in [2.75, 3.05) is 0 Å². The van der Waals surface area contributed by atoms with E-state index in [-0.39, 0.29) is 0 Å². The minimum atomic E-state index is 0.763. The molecule has 0 unspecified atom stereocenters. The maximum Gasteiger partial charge on any atom is 0.0834 e. The predicted molar refractivity (Wildman–Crippen MR) is 151 cm³/mol. The van der Waals surface area contributed by atoms with E-state index in [2.05, 4.69) is 44.9 Å². The number of aromatic nitrogens is 3. The molecule has 4 heterocycles. The average Bonchev–Trinajstić information content (AvgIpc) is 2.94. The van der Waals surface area contributed by atoms with Crippen LogP contribution in [0.2, 0.25) is 0 Å². The summed E-state index contributed by atoms with van der Waals surface area (Å²) >= 11 is 0. The molecule has 37 heavy (non-hydrogen) atoms. The van der Waals surface area contributed by atoms with E-state index in [1.54, 1.807) is 12.4 Å². The summed E-state index contributed by atoms with van der Waals surface area (Å²) in [7, 11) is 0. The molecule has 0 aliphatic carbocycles. The minimum absolute atomic E-state index is 0.763. The number of benzene rings is 2. The Balaban J connectivity index is 1.57. The lowest BCUT2D eigenvalue weighted by Gasteiger charge is -2.17. The third-order valence-electron chi connectivity index (χ3n) is 6.29. The van der Waals surface area contributed by atoms with Crippen LogP contribution < -0.4 is 0 Å². The molecule has 176 valence electrons. The first-order valence-electron chi connectivity index (χ1n) is 11.9. The van der Waals surface area contributed by atoms with Crippen LogP contribution in [0.4, 0.5) is 17.1 Å². The van der Waals surface area contributed by atoms with E-state index in [1.165, 1.54) is 0 Å². The molecule has 1 aliphatic rings. The number of allylic oxidation sites excluding steroid dienone is 1. The van der Waals surface area contributed by atoms with Crippen LogP contribution in [0.1, 0.15) is 29.2 Å². The summed E-state index contributed by atoms with van der Waals surface area (Å²) in [6, 6.07) is 21.9. The Morgan fingerprint density at radius 3 is 2.38 bits per heavy atom. The Hall–Kier alpha value is -5.10. The van der Waals surface area contributed by atoms with Crippen LogP contribution in [-0.4, -0.2) is 33.1 Å². The highest BCUT2D eigenvalue weighted by Gasteiger charge is 2.21. The summed E-state index contributed by atoms with van der Waals surface area (Å²) in [5.74, 6) is 0. The molecule has 2 aromatic carbocycles. The van der Waals surface area contributed by atoms with Crippen molar-refractivity contribution < 1.29 is 0 Å². The first kappa shape index (κ1) is 22.4. The quantitative estimate of drug-likeness (QED) is 0.259. The van der Waals surface area contributed by atoms with Crippen molar-refractivity contribution in [3.63, 3.8) is 0 Å². The van der Waals surface area contributed by atoms with Gasteiger partial charge in [-0.2, -0.15) is 0 Å². The SMILES string of the molecule is C=Nc1ccccc1/C=C(\C)C1=Nc2ccncc2C(c2cnc3ccccc3c2)=Nc2ccncc21. The molecule has 0 saturated carbocycles. The predicted octanol–water partition coefficient (Wildman–Crippen LogP) is 7.06. The fourth-order valence-electron chi connectivity index (χ4n) is 4.47. The lowest BCUT2D eigenvalue weighted by molar-refractivity contribution is 1.26. The van der Waals surface area contributed by atoms with Gasteiger partial charge in [-0.3, -0.25) is 19.9 Å². The summed E-state index contributed by atoms with van der Waals surface area (Å²) in [5.41, 5.74) is 9.34. The molecule has 3 aromatic heterocycles. The highest BCUT2D eigenvalue weighted by molar-refractivity contribution is 6.23. The van der Waals surface area contributed by atoms with E-state index >= 15 is 0 Å². The molecule has 0 atom stereocenters. The van der Waals surface area contributed by atoms with Crippen LogP contribution in [0.15, 0.2) is 118 Å². The van der Waals surface area contributed by atoms with E-state index < -0.39 is 0 Å². The van der Waals surface area contributed by atoms with Crippen molar-refractivity contribution in [3.05, 3.63) is 126 Å². The lowest BCUT2D eigenvalue weighted by Crippen LogP contribution is -2.11. The third kappa shape index (κ3) is 4.25. The number of para-hydroxylation sites is 2. The first-order valence-corrected chi connectivity index (χ1v) is 11.9. The van der Waals surface area contributed by atoms with Crippen molar-refractivity contribution in [2.45, 2.75) is 6.92 Å². The molecule has 6 nitrogen and oxygen atoms in total. The zero-order chi connectivity index (χ0) is 25.2. The van der Waals surface area contributed by atoms with Gasteiger partial charge in [-0.15, -0.1) is 0 Å². The number of rotatable bonds is 4. The van der Waals surface area contributed by atoms with Gasteiger partial charge in [0.05, 0.1) is 34.0 Å². The summed E-state index contributed by atoms with van der Waals surface area (Å²) in [5, 5.41) is 1.04. The number of fused-ring (bicyclic) bond motifs is 3. The summed E-state index contributed by atoms with van der Waals surface area (Å²) < 4.78 is 0. The molecule has 1 aliphatic heterocycles.